The Morgan fingerprint density at radius 2 is 0.589 bits per heavy atom. The molecule has 1 N–H and O–H groups in total. The average Bonchev–Trinajstić information content (AvgIpc) is 1.71. The van der Waals surface area contributed by atoms with Gasteiger partial charge in [0.2, 0.25) is 0 Å². The third kappa shape index (κ3) is 19.7. The molecule has 0 radical (unpaired) electrons. The van der Waals surface area contributed by atoms with Crippen LogP contribution >= 0.6 is 0 Å². The highest BCUT2D eigenvalue weighted by Gasteiger charge is 2.26. The predicted octanol–water partition coefficient (Wildman–Crippen LogP) is 12.3. The van der Waals surface area contributed by atoms with Gasteiger partial charge >= 0.3 is 0 Å². The molecule has 20 nitrogen and oxygen atoms in total. The molecular weight excluding hydrogens is 1200 g/mol. The molecule has 8 heterocycles. The van der Waals surface area contributed by atoms with Crippen LogP contribution in [0.25, 0.3) is 43.9 Å². The molecule has 12 rings (SSSR count). The monoisotopic (exact) mass is 1310 g/mol. The van der Waals surface area contributed by atoms with Gasteiger partial charge in [0, 0.05) is 47.7 Å². The fraction of sp³-hybridized carbons (Fsp3) is 0.627. The third-order valence-corrected chi connectivity index (χ3v) is 20.3. The molecule has 0 saturated carbocycles. The summed E-state index contributed by atoms with van der Waals surface area (Å²) in [5.41, 5.74) is 12.1. The molecule has 0 spiro atoms. The van der Waals surface area contributed by atoms with Gasteiger partial charge in [-0.1, -0.05) is 20.6 Å². The van der Waals surface area contributed by atoms with Gasteiger partial charge in [-0.3, -0.25) is 0 Å². The van der Waals surface area contributed by atoms with Crippen LogP contribution in [0.3, 0.4) is 0 Å². The smallest absolute Gasteiger partial charge is 0.175 e. The summed E-state index contributed by atoms with van der Waals surface area (Å²) in [4.78, 5) is 16.0. The molecule has 8 aromatic rings. The standard InChI is InChI=1S/3C19H29N3O2.C18H27N3O2/c3*1-21(2)13-16-18(23-4)8-6-15-17(20-24-19(15)16)7-5-14-9-11-22(3)12-10-14;1-19-12-15-17(22-3)7-5-14-16(20-23-18(14)15)6-4-13-8-10-21(2)11-9-13/h3*6,8,14H,5,7,9-13H2,1-4H3;5,7,13,19H,4,6,8-12H2,1-3H3. The maximum atomic E-state index is 5.72. The molecule has 0 aliphatic carbocycles. The van der Waals surface area contributed by atoms with Crippen LogP contribution in [0.1, 0.15) is 122 Å². The zero-order chi connectivity index (χ0) is 67.5. The highest BCUT2D eigenvalue weighted by atomic mass is 16.5. The van der Waals surface area contributed by atoms with Gasteiger partial charge in [-0.2, -0.15) is 0 Å². The lowest BCUT2D eigenvalue weighted by Gasteiger charge is -2.28. The van der Waals surface area contributed by atoms with Crippen LogP contribution in [0.5, 0.6) is 23.0 Å². The first-order valence-electron chi connectivity index (χ1n) is 35.1. The van der Waals surface area contributed by atoms with Gasteiger partial charge in [-0.05, 0) is 305 Å². The van der Waals surface area contributed by atoms with Crippen LogP contribution in [0.15, 0.2) is 66.6 Å². The lowest BCUT2D eigenvalue weighted by atomic mass is 9.91. The zero-order valence-electron chi connectivity index (χ0n) is 60.4. The number of nitrogens with one attached hydrogen (secondary N) is 1. The second kappa shape index (κ2) is 35.8. The number of hydrogen-bond donors (Lipinski definition) is 1. The minimum absolute atomic E-state index is 0.712. The molecule has 4 fully saturated rings. The van der Waals surface area contributed by atoms with Crippen molar-refractivity contribution in [1.29, 1.82) is 0 Å². The molecule has 522 valence electrons. The quantitative estimate of drug-likeness (QED) is 0.0604. The minimum atomic E-state index is 0.712. The molecule has 4 aromatic heterocycles. The van der Waals surface area contributed by atoms with Gasteiger partial charge in [0.1, 0.15) is 23.0 Å². The summed E-state index contributed by atoms with van der Waals surface area (Å²) in [6.07, 6.45) is 19.2. The van der Waals surface area contributed by atoms with E-state index in [4.69, 9.17) is 37.0 Å². The number of rotatable bonds is 24. The number of aryl methyl sites for hydroxylation is 4. The van der Waals surface area contributed by atoms with E-state index in [9.17, 15) is 0 Å². The summed E-state index contributed by atoms with van der Waals surface area (Å²) in [7, 11) is 29.9. The molecule has 95 heavy (non-hydrogen) atoms. The van der Waals surface area contributed by atoms with Gasteiger partial charge in [0.25, 0.3) is 0 Å². The van der Waals surface area contributed by atoms with Crippen molar-refractivity contribution < 1.29 is 37.0 Å². The summed E-state index contributed by atoms with van der Waals surface area (Å²) in [6, 6.07) is 16.5. The first kappa shape index (κ1) is 72.9. The van der Waals surface area contributed by atoms with Crippen molar-refractivity contribution in [3.05, 3.63) is 93.6 Å². The lowest BCUT2D eigenvalue weighted by molar-refractivity contribution is 0.212. The molecule has 4 aromatic carbocycles. The van der Waals surface area contributed by atoms with Crippen LogP contribution < -0.4 is 24.3 Å². The number of ether oxygens (including phenoxy) is 4. The van der Waals surface area contributed by atoms with Crippen LogP contribution in [-0.2, 0) is 51.9 Å². The van der Waals surface area contributed by atoms with Crippen LogP contribution in [0, 0.1) is 23.7 Å². The maximum Gasteiger partial charge on any atom is 0.175 e. The van der Waals surface area contributed by atoms with E-state index in [1.54, 1.807) is 28.4 Å². The highest BCUT2D eigenvalue weighted by Crippen LogP contribution is 2.37. The predicted molar refractivity (Wildman–Crippen MR) is 381 cm³/mol. The lowest BCUT2D eigenvalue weighted by Crippen LogP contribution is -2.30. The first-order chi connectivity index (χ1) is 46.0. The van der Waals surface area contributed by atoms with Crippen LogP contribution in [0.4, 0.5) is 0 Å². The molecule has 4 aliphatic heterocycles. The Balaban J connectivity index is 0.000000149. The molecule has 0 atom stereocenters. The third-order valence-electron chi connectivity index (χ3n) is 20.3. The Kier molecular flexibility index (Phi) is 27.4. The molecule has 0 amide bonds. The van der Waals surface area contributed by atoms with E-state index >= 15 is 0 Å². The van der Waals surface area contributed by atoms with Gasteiger partial charge in [-0.25, -0.2) is 0 Å². The SMILES string of the molecule is CNCc1c(OC)ccc2c(CCC3CCN(C)CC3)noc12.COc1ccc2c(CCC3CCN(C)CC3)noc2c1CN(C)C.COc1ccc2c(CCC3CCN(C)CC3)noc2c1CN(C)C.COc1ccc2c(CCC3CCN(C)CC3)noc2c1CN(C)C. The Hall–Kier alpha value is -6.36. The van der Waals surface area contributed by atoms with Gasteiger partial charge in [0.15, 0.2) is 22.3 Å². The number of methoxy groups -OCH3 is 4. The van der Waals surface area contributed by atoms with E-state index in [1.165, 1.54) is 129 Å². The second-order valence-corrected chi connectivity index (χ2v) is 28.4. The summed E-state index contributed by atoms with van der Waals surface area (Å²) >= 11 is 0. The molecule has 0 bridgehead atoms. The van der Waals surface area contributed by atoms with E-state index in [1.807, 2.05) is 31.3 Å². The number of fused-ring (bicyclic) bond motifs is 4. The normalized spacial score (nSPS) is 17.0. The number of nitrogens with zero attached hydrogens (tertiary/aromatic N) is 11. The van der Waals surface area contributed by atoms with Gasteiger partial charge < -0.3 is 76.7 Å². The van der Waals surface area contributed by atoms with Gasteiger partial charge in [-0.15, -0.1) is 0 Å². The van der Waals surface area contributed by atoms with E-state index in [0.717, 1.165) is 181 Å². The van der Waals surface area contributed by atoms with E-state index < -0.39 is 0 Å². The Labute approximate surface area is 566 Å². The van der Waals surface area contributed by atoms with E-state index in [0.29, 0.717) is 6.54 Å². The topological polar surface area (TPSA) is 176 Å². The van der Waals surface area contributed by atoms with Crippen molar-refractivity contribution >= 4 is 43.9 Å². The fourth-order valence-electron chi connectivity index (χ4n) is 14.4. The number of likely N-dealkylation sites (tertiary alicyclic amines) is 4. The summed E-state index contributed by atoms with van der Waals surface area (Å²) < 4.78 is 44.8. The van der Waals surface area contributed by atoms with Gasteiger partial charge in [0.05, 0.1) is 73.5 Å². The van der Waals surface area contributed by atoms with Crippen molar-refractivity contribution in [3.8, 4) is 23.0 Å². The zero-order valence-corrected chi connectivity index (χ0v) is 60.4. The van der Waals surface area contributed by atoms with Crippen molar-refractivity contribution in [2.24, 2.45) is 23.7 Å². The minimum Gasteiger partial charge on any atom is -0.496 e. The number of aromatic nitrogens is 4. The molecule has 0 unspecified atom stereocenters. The summed E-state index contributed by atoms with van der Waals surface area (Å²) in [6.45, 7) is 12.8. The highest BCUT2D eigenvalue weighted by molar-refractivity contribution is 5.87. The van der Waals surface area contributed by atoms with E-state index in [-0.39, 0.29) is 0 Å². The maximum absolute atomic E-state index is 5.72. The van der Waals surface area contributed by atoms with Crippen LogP contribution in [-0.4, -0.2) is 213 Å². The first-order valence-corrected chi connectivity index (χ1v) is 35.1. The molecule has 4 saturated heterocycles. The number of piperidine rings is 4. The molecule has 20 heteroatoms. The van der Waals surface area contributed by atoms with Crippen molar-refractivity contribution in [1.82, 2.24) is 60.2 Å². The Morgan fingerprint density at radius 1 is 0.368 bits per heavy atom. The van der Waals surface area contributed by atoms with Crippen molar-refractivity contribution in [3.63, 3.8) is 0 Å². The number of hydrogen-bond acceptors (Lipinski definition) is 20. The number of benzene rings is 4. The largest absolute Gasteiger partial charge is 0.496 e. The van der Waals surface area contributed by atoms with Crippen molar-refractivity contribution in [2.75, 3.05) is 158 Å². The Morgan fingerprint density at radius 3 is 0.800 bits per heavy atom. The van der Waals surface area contributed by atoms with E-state index in [2.05, 4.69) is 155 Å². The Bertz CT molecular complexity index is 3320. The molecular formula is C75H114N12O8. The fourth-order valence-corrected chi connectivity index (χ4v) is 14.4. The van der Waals surface area contributed by atoms with Crippen molar-refractivity contribution in [2.45, 2.75) is 129 Å². The summed E-state index contributed by atoms with van der Waals surface area (Å²) in [5.74, 6) is 6.71. The molecule has 4 aliphatic rings. The second-order valence-electron chi connectivity index (χ2n) is 28.4. The summed E-state index contributed by atoms with van der Waals surface area (Å²) in [5, 5.41) is 25.2. The average molecular weight is 1310 g/mol. The van der Waals surface area contributed by atoms with Crippen LogP contribution in [0.2, 0.25) is 0 Å².